The molecule has 5 rings (SSSR count). The molecule has 2 saturated heterocycles. The molecule has 3 aromatic heterocycles. The summed E-state index contributed by atoms with van der Waals surface area (Å²) < 4.78 is 13.8. The van der Waals surface area contributed by atoms with E-state index in [1.807, 2.05) is 12.3 Å². The molecule has 5 heterocycles. The minimum absolute atomic E-state index is 0.138. The highest BCUT2D eigenvalue weighted by Gasteiger charge is 2.39. The van der Waals surface area contributed by atoms with Crippen molar-refractivity contribution in [3.05, 3.63) is 47.4 Å². The lowest BCUT2D eigenvalue weighted by Gasteiger charge is -2.30. The molecule has 0 spiro atoms. The van der Waals surface area contributed by atoms with Gasteiger partial charge in [-0.2, -0.15) is 0 Å². The predicted octanol–water partition coefficient (Wildman–Crippen LogP) is 4.15. The number of nitrogens with zero attached hydrogens (tertiary/aromatic N) is 4. The number of nitrogens with one attached hydrogen (secondary N) is 1. The topological polar surface area (TPSA) is 81.5 Å². The molecule has 2 fully saturated rings. The highest BCUT2D eigenvalue weighted by atomic mass is 16.5. The van der Waals surface area contributed by atoms with Crippen LogP contribution >= 0.6 is 0 Å². The number of carbonyl (C=O) groups excluding carboxylic acids is 1. The van der Waals surface area contributed by atoms with Gasteiger partial charge < -0.3 is 24.3 Å². The van der Waals surface area contributed by atoms with E-state index >= 15 is 0 Å². The van der Waals surface area contributed by atoms with Gasteiger partial charge in [-0.3, -0.25) is 4.79 Å². The van der Waals surface area contributed by atoms with Gasteiger partial charge in [0.05, 0.1) is 17.8 Å². The van der Waals surface area contributed by atoms with E-state index in [-0.39, 0.29) is 5.91 Å². The Balaban J connectivity index is 1.63. The molecular weight excluding hydrogens is 442 g/mol. The second kappa shape index (κ2) is 9.68. The highest BCUT2D eigenvalue weighted by Crippen LogP contribution is 2.37. The van der Waals surface area contributed by atoms with Crippen molar-refractivity contribution in [1.82, 2.24) is 19.4 Å². The Labute approximate surface area is 206 Å². The molecule has 1 amide bonds. The fraction of sp³-hybridized carbons (Fsp3) is 0.519. The summed E-state index contributed by atoms with van der Waals surface area (Å²) in [5.41, 5.74) is 3.78. The SMILES string of the molecule is CCN1CCC(c2cn(-c3cc(C)cc(C4(OC)CCOC4)n3)c3cc(NC(C)=O)ncc23)CC1. The second-order valence-electron chi connectivity index (χ2n) is 9.82. The minimum Gasteiger partial charge on any atom is -0.378 e. The van der Waals surface area contributed by atoms with Crippen LogP contribution in [0, 0.1) is 6.92 Å². The lowest BCUT2D eigenvalue weighted by atomic mass is 9.89. The number of anilines is 1. The lowest BCUT2D eigenvalue weighted by molar-refractivity contribution is -0.114. The van der Waals surface area contributed by atoms with Gasteiger partial charge in [-0.15, -0.1) is 0 Å². The number of likely N-dealkylation sites (tertiary alicyclic amines) is 1. The second-order valence-corrected chi connectivity index (χ2v) is 9.82. The van der Waals surface area contributed by atoms with Crippen LogP contribution in [-0.4, -0.2) is 65.3 Å². The molecule has 0 bridgehead atoms. The maximum atomic E-state index is 11.7. The van der Waals surface area contributed by atoms with Crippen molar-refractivity contribution in [2.45, 2.75) is 51.6 Å². The van der Waals surface area contributed by atoms with Crippen LogP contribution in [0.3, 0.4) is 0 Å². The molecule has 2 aliphatic rings. The van der Waals surface area contributed by atoms with E-state index < -0.39 is 5.60 Å². The first-order valence-corrected chi connectivity index (χ1v) is 12.6. The van der Waals surface area contributed by atoms with Crippen molar-refractivity contribution in [2.24, 2.45) is 0 Å². The summed E-state index contributed by atoms with van der Waals surface area (Å²) in [6.45, 7) is 10.3. The van der Waals surface area contributed by atoms with Crippen LogP contribution in [0.1, 0.15) is 55.8 Å². The molecule has 0 aliphatic carbocycles. The molecule has 0 aromatic carbocycles. The van der Waals surface area contributed by atoms with Crippen molar-refractivity contribution in [2.75, 3.05) is 45.3 Å². The van der Waals surface area contributed by atoms with Crippen molar-refractivity contribution < 1.29 is 14.3 Å². The molecule has 35 heavy (non-hydrogen) atoms. The predicted molar refractivity (Wildman–Crippen MR) is 136 cm³/mol. The number of pyridine rings is 2. The standard InChI is InChI=1S/C27H35N5O3/c1-5-31-9-6-20(7-10-31)22-16-32(23-14-25(29-19(3)33)28-15-21(22)23)26-13-18(2)12-24(30-26)27(34-4)8-11-35-17-27/h12-16,20H,5-11,17H2,1-4H3,(H,28,29,33). The number of rotatable bonds is 6. The summed E-state index contributed by atoms with van der Waals surface area (Å²) in [5.74, 6) is 1.71. The van der Waals surface area contributed by atoms with E-state index in [1.54, 1.807) is 7.11 Å². The third-order valence-corrected chi connectivity index (χ3v) is 7.55. The zero-order valence-electron chi connectivity index (χ0n) is 21.1. The fourth-order valence-corrected chi connectivity index (χ4v) is 5.49. The van der Waals surface area contributed by atoms with Crippen LogP contribution in [0.15, 0.2) is 30.6 Å². The number of methoxy groups -OCH3 is 1. The van der Waals surface area contributed by atoms with Crippen molar-refractivity contribution in [3.8, 4) is 5.82 Å². The number of amides is 1. The van der Waals surface area contributed by atoms with Crippen LogP contribution in [0.25, 0.3) is 16.7 Å². The van der Waals surface area contributed by atoms with Crippen LogP contribution in [-0.2, 0) is 19.9 Å². The Morgan fingerprint density at radius 2 is 2.09 bits per heavy atom. The maximum Gasteiger partial charge on any atom is 0.222 e. The van der Waals surface area contributed by atoms with Crippen molar-refractivity contribution >= 4 is 22.6 Å². The van der Waals surface area contributed by atoms with E-state index in [2.05, 4.69) is 51.9 Å². The van der Waals surface area contributed by atoms with Crippen molar-refractivity contribution in [1.29, 1.82) is 0 Å². The maximum absolute atomic E-state index is 11.7. The van der Waals surface area contributed by atoms with E-state index in [9.17, 15) is 4.79 Å². The smallest absolute Gasteiger partial charge is 0.222 e. The number of carbonyl (C=O) groups is 1. The summed E-state index contributed by atoms with van der Waals surface area (Å²) >= 11 is 0. The van der Waals surface area contributed by atoms with Gasteiger partial charge in [-0.25, -0.2) is 9.97 Å². The Kier molecular flexibility index (Phi) is 6.61. The third kappa shape index (κ3) is 4.58. The molecule has 3 aromatic rings. The zero-order chi connectivity index (χ0) is 24.6. The number of aryl methyl sites for hydroxylation is 1. The van der Waals surface area contributed by atoms with Gasteiger partial charge in [0.2, 0.25) is 5.91 Å². The zero-order valence-corrected chi connectivity index (χ0v) is 21.1. The average Bonchev–Trinajstić information content (AvgIpc) is 3.49. The molecule has 1 unspecified atom stereocenters. The van der Waals surface area contributed by atoms with Gasteiger partial charge in [-0.05, 0) is 68.6 Å². The first-order chi connectivity index (χ1) is 16.9. The third-order valence-electron chi connectivity index (χ3n) is 7.55. The molecule has 1 atom stereocenters. The number of piperidine rings is 1. The van der Waals surface area contributed by atoms with Crippen LogP contribution in [0.5, 0.6) is 0 Å². The van der Waals surface area contributed by atoms with E-state index in [4.69, 9.17) is 14.5 Å². The summed E-state index contributed by atoms with van der Waals surface area (Å²) in [5, 5.41) is 3.95. The number of hydrogen-bond acceptors (Lipinski definition) is 6. The van der Waals surface area contributed by atoms with Crippen molar-refractivity contribution in [3.63, 3.8) is 0 Å². The molecule has 0 radical (unpaired) electrons. The van der Waals surface area contributed by atoms with Gasteiger partial charge in [0.15, 0.2) is 0 Å². The quantitative estimate of drug-likeness (QED) is 0.575. The van der Waals surface area contributed by atoms with Gasteiger partial charge in [0.1, 0.15) is 17.2 Å². The van der Waals surface area contributed by atoms with E-state index in [0.29, 0.717) is 24.9 Å². The number of aromatic nitrogens is 3. The first-order valence-electron chi connectivity index (χ1n) is 12.6. The normalized spacial score (nSPS) is 21.6. The van der Waals surface area contributed by atoms with E-state index in [0.717, 1.165) is 66.9 Å². The van der Waals surface area contributed by atoms with E-state index in [1.165, 1.54) is 12.5 Å². The molecular formula is C27H35N5O3. The number of ether oxygens (including phenoxy) is 2. The molecule has 8 nitrogen and oxygen atoms in total. The summed E-state index contributed by atoms with van der Waals surface area (Å²) in [4.78, 5) is 23.9. The van der Waals surface area contributed by atoms with Crippen LogP contribution < -0.4 is 5.32 Å². The molecule has 186 valence electrons. The molecule has 2 aliphatic heterocycles. The Bertz CT molecular complexity index is 1220. The Hall–Kier alpha value is -2.81. The lowest BCUT2D eigenvalue weighted by Crippen LogP contribution is -2.32. The summed E-state index contributed by atoms with van der Waals surface area (Å²) in [6.07, 6.45) is 7.15. The van der Waals surface area contributed by atoms with Gasteiger partial charge in [-0.1, -0.05) is 6.92 Å². The van der Waals surface area contributed by atoms with Crippen LogP contribution in [0.4, 0.5) is 5.82 Å². The Morgan fingerprint density at radius 1 is 1.29 bits per heavy atom. The monoisotopic (exact) mass is 477 g/mol. The Morgan fingerprint density at radius 3 is 2.74 bits per heavy atom. The number of fused-ring (bicyclic) bond motifs is 1. The first kappa shape index (κ1) is 23.9. The molecule has 0 saturated carbocycles. The summed E-state index contributed by atoms with van der Waals surface area (Å²) in [6, 6.07) is 6.15. The summed E-state index contributed by atoms with van der Waals surface area (Å²) in [7, 11) is 1.73. The van der Waals surface area contributed by atoms with Crippen LogP contribution in [0.2, 0.25) is 0 Å². The highest BCUT2D eigenvalue weighted by molar-refractivity contribution is 5.92. The largest absolute Gasteiger partial charge is 0.378 e. The molecule has 1 N–H and O–H groups in total. The average molecular weight is 478 g/mol. The fourth-order valence-electron chi connectivity index (χ4n) is 5.49. The van der Waals surface area contributed by atoms with Gasteiger partial charge in [0.25, 0.3) is 0 Å². The number of hydrogen-bond donors (Lipinski definition) is 1. The van der Waals surface area contributed by atoms with Gasteiger partial charge >= 0.3 is 0 Å². The molecule has 8 heteroatoms. The van der Waals surface area contributed by atoms with Gasteiger partial charge in [0, 0.05) is 50.9 Å². The minimum atomic E-state index is -0.525.